The van der Waals surface area contributed by atoms with Crippen LogP contribution >= 0.6 is 0 Å². The maximum atomic E-state index is 12.5. The van der Waals surface area contributed by atoms with Crippen LogP contribution in [0.1, 0.15) is 36.0 Å². The van der Waals surface area contributed by atoms with Crippen molar-refractivity contribution in [3.8, 4) is 17.2 Å². The van der Waals surface area contributed by atoms with Crippen LogP contribution in [0.5, 0.6) is 11.5 Å². The third-order valence-corrected chi connectivity index (χ3v) is 4.99. The van der Waals surface area contributed by atoms with Crippen molar-refractivity contribution >= 4 is 11.7 Å². The van der Waals surface area contributed by atoms with E-state index in [9.17, 15) is 4.79 Å². The van der Waals surface area contributed by atoms with Crippen molar-refractivity contribution in [2.75, 3.05) is 19.0 Å². The molecule has 1 unspecified atom stereocenters. The van der Waals surface area contributed by atoms with Crippen LogP contribution in [0.15, 0.2) is 48.7 Å². The quantitative estimate of drug-likeness (QED) is 0.728. The zero-order valence-corrected chi connectivity index (χ0v) is 16.2. The molecule has 1 aliphatic heterocycles. The average molecular weight is 377 g/mol. The normalized spacial score (nSPS) is 15.7. The number of fused-ring (bicyclic) bond motifs is 1. The number of nitrogens with zero attached hydrogens (tertiary/aromatic N) is 2. The fraction of sp³-hybridized carbons (Fsp3) is 0.273. The summed E-state index contributed by atoms with van der Waals surface area (Å²) >= 11 is 0. The molecule has 2 heterocycles. The summed E-state index contributed by atoms with van der Waals surface area (Å²) in [4.78, 5) is 12.5. The lowest BCUT2D eigenvalue weighted by molar-refractivity contribution is -0.116. The van der Waals surface area contributed by atoms with E-state index in [1.807, 2.05) is 62.5 Å². The van der Waals surface area contributed by atoms with Crippen LogP contribution in [0.2, 0.25) is 0 Å². The molecule has 144 valence electrons. The van der Waals surface area contributed by atoms with Crippen molar-refractivity contribution in [2.24, 2.45) is 0 Å². The standard InChI is InChI=1S/C22H23N3O3/c1-4-28-21-16(6-5-7-19(21)27-3)17-12-20(26)24-22-18(17)13-23-25(22)15-10-8-14(2)9-11-15/h5-11,13,17H,4,12H2,1-3H3,(H,24,26). The molecule has 28 heavy (non-hydrogen) atoms. The lowest BCUT2D eigenvalue weighted by atomic mass is 9.86. The molecule has 0 saturated carbocycles. The van der Waals surface area contributed by atoms with Crippen LogP contribution < -0.4 is 14.8 Å². The molecular formula is C22H23N3O3. The number of hydrogen-bond acceptors (Lipinski definition) is 4. The monoisotopic (exact) mass is 377 g/mol. The first-order chi connectivity index (χ1) is 13.6. The minimum atomic E-state index is -0.153. The Labute approximate surface area is 164 Å². The summed E-state index contributed by atoms with van der Waals surface area (Å²) in [7, 11) is 1.62. The Bertz CT molecular complexity index is 1010. The van der Waals surface area contributed by atoms with Crippen molar-refractivity contribution in [2.45, 2.75) is 26.2 Å². The number of aromatic nitrogens is 2. The Morgan fingerprint density at radius 3 is 2.68 bits per heavy atom. The van der Waals surface area contributed by atoms with Gasteiger partial charge in [-0.2, -0.15) is 5.10 Å². The predicted molar refractivity (Wildman–Crippen MR) is 108 cm³/mol. The van der Waals surface area contributed by atoms with Gasteiger partial charge in [-0.3, -0.25) is 4.79 Å². The van der Waals surface area contributed by atoms with Crippen LogP contribution in [0.3, 0.4) is 0 Å². The molecule has 0 fully saturated rings. The summed E-state index contributed by atoms with van der Waals surface area (Å²) in [6, 6.07) is 13.8. The van der Waals surface area contributed by atoms with Crippen LogP contribution in [0.25, 0.3) is 5.69 Å². The molecule has 1 aliphatic rings. The highest BCUT2D eigenvalue weighted by Crippen LogP contribution is 2.44. The van der Waals surface area contributed by atoms with E-state index in [0.29, 0.717) is 30.3 Å². The van der Waals surface area contributed by atoms with Crippen molar-refractivity contribution in [1.29, 1.82) is 0 Å². The lowest BCUT2D eigenvalue weighted by Gasteiger charge is -2.26. The first kappa shape index (κ1) is 18.1. The largest absolute Gasteiger partial charge is 0.493 e. The zero-order chi connectivity index (χ0) is 19.7. The van der Waals surface area contributed by atoms with Crippen molar-refractivity contribution < 1.29 is 14.3 Å². The molecule has 1 amide bonds. The third kappa shape index (κ3) is 3.11. The first-order valence-electron chi connectivity index (χ1n) is 9.37. The van der Waals surface area contributed by atoms with Gasteiger partial charge in [-0.15, -0.1) is 0 Å². The Hall–Kier alpha value is -3.28. The second kappa shape index (κ2) is 7.38. The Morgan fingerprint density at radius 2 is 1.96 bits per heavy atom. The van der Waals surface area contributed by atoms with Crippen LogP contribution in [-0.4, -0.2) is 29.4 Å². The SMILES string of the molecule is CCOc1c(OC)cccc1C1CC(=O)Nc2c1cnn2-c1ccc(C)cc1. The maximum absolute atomic E-state index is 12.5. The number of hydrogen-bond donors (Lipinski definition) is 1. The minimum absolute atomic E-state index is 0.0448. The number of anilines is 1. The van der Waals surface area contributed by atoms with Crippen molar-refractivity contribution in [3.05, 3.63) is 65.4 Å². The highest BCUT2D eigenvalue weighted by atomic mass is 16.5. The highest BCUT2D eigenvalue weighted by molar-refractivity contribution is 5.94. The number of methoxy groups -OCH3 is 1. The van der Waals surface area contributed by atoms with Gasteiger partial charge in [0.1, 0.15) is 5.82 Å². The second-order valence-electron chi connectivity index (χ2n) is 6.81. The summed E-state index contributed by atoms with van der Waals surface area (Å²) in [5.41, 5.74) is 3.98. The smallest absolute Gasteiger partial charge is 0.226 e. The number of nitrogens with one attached hydrogen (secondary N) is 1. The number of carbonyl (C=O) groups excluding carboxylic acids is 1. The van der Waals surface area contributed by atoms with Gasteiger partial charge in [0.15, 0.2) is 11.5 Å². The van der Waals surface area contributed by atoms with Crippen molar-refractivity contribution in [3.63, 3.8) is 0 Å². The molecule has 6 nitrogen and oxygen atoms in total. The number of aryl methyl sites for hydroxylation is 1. The summed E-state index contributed by atoms with van der Waals surface area (Å²) in [5.74, 6) is 1.85. The predicted octanol–water partition coefficient (Wildman–Crippen LogP) is 4.06. The van der Waals surface area contributed by atoms with Gasteiger partial charge in [0.25, 0.3) is 0 Å². The number of benzene rings is 2. The molecule has 3 aromatic rings. The number of amides is 1. The molecule has 0 aliphatic carbocycles. The Morgan fingerprint density at radius 1 is 1.18 bits per heavy atom. The highest BCUT2D eigenvalue weighted by Gasteiger charge is 2.33. The van der Waals surface area contributed by atoms with E-state index in [0.717, 1.165) is 16.8 Å². The molecule has 2 aromatic carbocycles. The molecule has 0 bridgehead atoms. The van der Waals surface area contributed by atoms with E-state index >= 15 is 0 Å². The van der Waals surface area contributed by atoms with Crippen LogP contribution in [0, 0.1) is 6.92 Å². The molecule has 1 N–H and O–H groups in total. The van der Waals surface area contributed by atoms with E-state index < -0.39 is 0 Å². The van der Waals surface area contributed by atoms with Crippen LogP contribution in [0.4, 0.5) is 5.82 Å². The molecule has 0 saturated heterocycles. The molecule has 6 heteroatoms. The summed E-state index contributed by atoms with van der Waals surface area (Å²) in [6.45, 7) is 4.49. The zero-order valence-electron chi connectivity index (χ0n) is 16.2. The van der Waals surface area contributed by atoms with Crippen molar-refractivity contribution in [1.82, 2.24) is 9.78 Å². The van der Waals surface area contributed by atoms with Gasteiger partial charge < -0.3 is 14.8 Å². The minimum Gasteiger partial charge on any atom is -0.493 e. The molecule has 0 radical (unpaired) electrons. The Balaban J connectivity index is 1.83. The Kier molecular flexibility index (Phi) is 4.77. The fourth-order valence-corrected chi connectivity index (χ4v) is 3.65. The lowest BCUT2D eigenvalue weighted by Crippen LogP contribution is -2.25. The summed E-state index contributed by atoms with van der Waals surface area (Å²) in [6.07, 6.45) is 2.16. The molecule has 1 aromatic heterocycles. The van der Waals surface area contributed by atoms with Gasteiger partial charge in [-0.05, 0) is 32.0 Å². The molecule has 4 rings (SSSR count). The summed E-state index contributed by atoms with van der Waals surface area (Å²) in [5, 5.41) is 7.55. The number of rotatable bonds is 5. The topological polar surface area (TPSA) is 65.4 Å². The van der Waals surface area contributed by atoms with E-state index in [1.165, 1.54) is 5.56 Å². The van der Waals surface area contributed by atoms with Gasteiger partial charge in [0.2, 0.25) is 5.91 Å². The number of carbonyl (C=O) groups is 1. The molecular weight excluding hydrogens is 354 g/mol. The second-order valence-corrected chi connectivity index (χ2v) is 6.81. The fourth-order valence-electron chi connectivity index (χ4n) is 3.65. The molecule has 1 atom stereocenters. The first-order valence-corrected chi connectivity index (χ1v) is 9.37. The van der Waals surface area contributed by atoms with Gasteiger partial charge in [0, 0.05) is 23.5 Å². The van der Waals surface area contributed by atoms with Gasteiger partial charge in [-0.1, -0.05) is 29.8 Å². The van der Waals surface area contributed by atoms with Crippen LogP contribution in [-0.2, 0) is 4.79 Å². The molecule has 0 spiro atoms. The van der Waals surface area contributed by atoms with E-state index in [-0.39, 0.29) is 11.8 Å². The van der Waals surface area contributed by atoms with Gasteiger partial charge in [0.05, 0.1) is 25.6 Å². The van der Waals surface area contributed by atoms with Gasteiger partial charge in [-0.25, -0.2) is 4.68 Å². The average Bonchev–Trinajstić information content (AvgIpc) is 3.12. The van der Waals surface area contributed by atoms with Gasteiger partial charge >= 0.3 is 0 Å². The van der Waals surface area contributed by atoms with E-state index in [2.05, 4.69) is 10.4 Å². The number of para-hydroxylation sites is 1. The summed E-state index contributed by atoms with van der Waals surface area (Å²) < 4.78 is 13.1. The third-order valence-electron chi connectivity index (χ3n) is 4.99. The van der Waals surface area contributed by atoms with E-state index in [1.54, 1.807) is 11.8 Å². The van der Waals surface area contributed by atoms with E-state index in [4.69, 9.17) is 9.47 Å². The number of ether oxygens (including phenoxy) is 2. The maximum Gasteiger partial charge on any atom is 0.226 e.